The van der Waals surface area contributed by atoms with E-state index in [1.165, 1.54) is 5.69 Å². The van der Waals surface area contributed by atoms with Crippen molar-refractivity contribution in [2.24, 2.45) is 5.73 Å². The van der Waals surface area contributed by atoms with Gasteiger partial charge in [0, 0.05) is 17.8 Å². The fourth-order valence-corrected chi connectivity index (χ4v) is 3.01. The van der Waals surface area contributed by atoms with Crippen molar-refractivity contribution in [3.05, 3.63) is 46.8 Å². The van der Waals surface area contributed by atoms with Crippen LogP contribution in [0.2, 0.25) is 0 Å². The van der Waals surface area contributed by atoms with Gasteiger partial charge in [-0.25, -0.2) is 4.68 Å². The quantitative estimate of drug-likeness (QED) is 0.826. The fourth-order valence-electron chi connectivity index (χ4n) is 3.01. The fraction of sp³-hybridized carbons (Fsp3) is 0.412. The zero-order valence-corrected chi connectivity index (χ0v) is 12.9. The van der Waals surface area contributed by atoms with E-state index in [-0.39, 0.29) is 5.91 Å². The molecule has 1 aliphatic carbocycles. The lowest BCUT2D eigenvalue weighted by molar-refractivity contribution is 0.0947. The lowest BCUT2D eigenvalue weighted by Gasteiger charge is -2.08. The lowest BCUT2D eigenvalue weighted by Crippen LogP contribution is -2.27. The van der Waals surface area contributed by atoms with Gasteiger partial charge in [0.2, 0.25) is 0 Å². The van der Waals surface area contributed by atoms with Crippen LogP contribution in [-0.2, 0) is 12.8 Å². The monoisotopic (exact) mass is 298 g/mol. The van der Waals surface area contributed by atoms with E-state index in [4.69, 9.17) is 5.73 Å². The second kappa shape index (κ2) is 6.32. The molecule has 1 aromatic carbocycles. The molecular weight excluding hydrogens is 276 g/mol. The summed E-state index contributed by atoms with van der Waals surface area (Å²) in [6.45, 7) is 3.25. The number of nitrogens with zero attached hydrogens (tertiary/aromatic N) is 2. The third-order valence-corrected chi connectivity index (χ3v) is 4.16. The Balaban J connectivity index is 1.95. The van der Waals surface area contributed by atoms with Gasteiger partial charge in [0.05, 0.1) is 5.69 Å². The van der Waals surface area contributed by atoms with Crippen molar-refractivity contribution in [3.63, 3.8) is 0 Å². The van der Waals surface area contributed by atoms with Crippen LogP contribution in [0.1, 0.15) is 40.2 Å². The molecule has 3 rings (SSSR count). The van der Waals surface area contributed by atoms with E-state index in [2.05, 4.69) is 29.5 Å². The van der Waals surface area contributed by atoms with E-state index < -0.39 is 0 Å². The SMILES string of the molecule is Cc1ccccc1-n1nc(C(=O)NCCCN)c2c1CCC2. The Morgan fingerprint density at radius 1 is 1.36 bits per heavy atom. The Morgan fingerprint density at radius 3 is 2.95 bits per heavy atom. The Kier molecular flexibility index (Phi) is 4.24. The second-order valence-electron chi connectivity index (χ2n) is 5.72. The van der Waals surface area contributed by atoms with Crippen LogP contribution in [0.4, 0.5) is 0 Å². The van der Waals surface area contributed by atoms with Gasteiger partial charge in [0.15, 0.2) is 5.69 Å². The maximum absolute atomic E-state index is 12.4. The molecule has 0 atom stereocenters. The number of hydrogen-bond acceptors (Lipinski definition) is 3. The first-order valence-electron chi connectivity index (χ1n) is 7.87. The highest BCUT2D eigenvalue weighted by atomic mass is 16.1. The van der Waals surface area contributed by atoms with Crippen molar-refractivity contribution in [2.45, 2.75) is 32.6 Å². The topological polar surface area (TPSA) is 72.9 Å². The summed E-state index contributed by atoms with van der Waals surface area (Å²) < 4.78 is 1.95. The number of nitrogens with two attached hydrogens (primary N) is 1. The molecule has 22 heavy (non-hydrogen) atoms. The molecule has 0 unspecified atom stereocenters. The van der Waals surface area contributed by atoms with Crippen LogP contribution in [0.25, 0.3) is 5.69 Å². The van der Waals surface area contributed by atoms with Crippen LogP contribution in [0.3, 0.4) is 0 Å². The Labute approximate surface area is 130 Å². The van der Waals surface area contributed by atoms with Gasteiger partial charge >= 0.3 is 0 Å². The highest BCUT2D eigenvalue weighted by Gasteiger charge is 2.27. The number of aromatic nitrogens is 2. The molecule has 0 fully saturated rings. The van der Waals surface area contributed by atoms with Crippen molar-refractivity contribution in [1.29, 1.82) is 0 Å². The largest absolute Gasteiger partial charge is 0.351 e. The van der Waals surface area contributed by atoms with Gasteiger partial charge in [-0.1, -0.05) is 18.2 Å². The van der Waals surface area contributed by atoms with Crippen LogP contribution in [0.15, 0.2) is 24.3 Å². The molecule has 0 radical (unpaired) electrons. The van der Waals surface area contributed by atoms with Crippen molar-refractivity contribution in [1.82, 2.24) is 15.1 Å². The molecule has 1 amide bonds. The van der Waals surface area contributed by atoms with E-state index in [0.29, 0.717) is 18.8 Å². The zero-order valence-electron chi connectivity index (χ0n) is 12.9. The summed E-state index contributed by atoms with van der Waals surface area (Å²) in [6.07, 6.45) is 3.78. The minimum absolute atomic E-state index is 0.0843. The number of benzene rings is 1. The van der Waals surface area contributed by atoms with Crippen LogP contribution >= 0.6 is 0 Å². The van der Waals surface area contributed by atoms with Gasteiger partial charge in [-0.3, -0.25) is 4.79 Å². The van der Waals surface area contributed by atoms with Crippen molar-refractivity contribution in [3.8, 4) is 5.69 Å². The molecule has 1 heterocycles. The van der Waals surface area contributed by atoms with Crippen molar-refractivity contribution < 1.29 is 4.79 Å². The predicted molar refractivity (Wildman–Crippen MR) is 86.3 cm³/mol. The Hall–Kier alpha value is -2.14. The van der Waals surface area contributed by atoms with Crippen molar-refractivity contribution >= 4 is 5.91 Å². The second-order valence-corrected chi connectivity index (χ2v) is 5.72. The molecule has 1 aromatic heterocycles. The third kappa shape index (κ3) is 2.64. The molecule has 2 aromatic rings. The number of fused-ring (bicyclic) bond motifs is 1. The third-order valence-electron chi connectivity index (χ3n) is 4.16. The molecule has 0 saturated heterocycles. The van der Waals surface area contributed by atoms with E-state index in [0.717, 1.165) is 42.5 Å². The highest BCUT2D eigenvalue weighted by molar-refractivity contribution is 5.94. The summed E-state index contributed by atoms with van der Waals surface area (Å²) in [5, 5.41) is 7.53. The molecule has 0 bridgehead atoms. The maximum Gasteiger partial charge on any atom is 0.272 e. The summed E-state index contributed by atoms with van der Waals surface area (Å²) in [6, 6.07) is 8.14. The number of rotatable bonds is 5. The summed E-state index contributed by atoms with van der Waals surface area (Å²) in [7, 11) is 0. The van der Waals surface area contributed by atoms with Gasteiger partial charge in [0.1, 0.15) is 0 Å². The molecule has 116 valence electrons. The van der Waals surface area contributed by atoms with Gasteiger partial charge in [-0.15, -0.1) is 0 Å². The van der Waals surface area contributed by atoms with Crippen molar-refractivity contribution in [2.75, 3.05) is 13.1 Å². The highest BCUT2D eigenvalue weighted by Crippen LogP contribution is 2.28. The summed E-state index contributed by atoms with van der Waals surface area (Å²) in [5.41, 5.74) is 10.5. The average Bonchev–Trinajstić information content (AvgIpc) is 3.10. The first-order valence-corrected chi connectivity index (χ1v) is 7.87. The van der Waals surface area contributed by atoms with Gasteiger partial charge in [0.25, 0.3) is 5.91 Å². The minimum Gasteiger partial charge on any atom is -0.351 e. The number of hydrogen-bond donors (Lipinski definition) is 2. The Bertz CT molecular complexity index is 690. The molecule has 0 spiro atoms. The standard InChI is InChI=1S/C17H22N4O/c1-12-6-2-3-8-14(12)21-15-9-4-7-13(15)16(20-21)17(22)19-11-5-10-18/h2-3,6,8H,4-5,7,9-11,18H2,1H3,(H,19,22). The number of carbonyl (C=O) groups is 1. The number of para-hydroxylation sites is 1. The van der Waals surface area contributed by atoms with E-state index in [9.17, 15) is 4.79 Å². The molecule has 3 N–H and O–H groups in total. The van der Waals surface area contributed by atoms with Crippen LogP contribution < -0.4 is 11.1 Å². The summed E-state index contributed by atoms with van der Waals surface area (Å²) in [5.74, 6) is -0.0843. The van der Waals surface area contributed by atoms with Gasteiger partial charge in [-0.05, 0) is 50.8 Å². The van der Waals surface area contributed by atoms with Gasteiger partial charge in [-0.2, -0.15) is 5.10 Å². The van der Waals surface area contributed by atoms with Crippen LogP contribution in [-0.4, -0.2) is 28.8 Å². The molecule has 0 aliphatic heterocycles. The van der Waals surface area contributed by atoms with E-state index in [1.807, 2.05) is 16.8 Å². The summed E-state index contributed by atoms with van der Waals surface area (Å²) >= 11 is 0. The molecule has 1 aliphatic rings. The molecule has 5 heteroatoms. The number of nitrogens with one attached hydrogen (secondary N) is 1. The smallest absolute Gasteiger partial charge is 0.272 e. The van der Waals surface area contributed by atoms with E-state index >= 15 is 0 Å². The summed E-state index contributed by atoms with van der Waals surface area (Å²) in [4.78, 5) is 12.4. The molecule has 5 nitrogen and oxygen atoms in total. The maximum atomic E-state index is 12.4. The number of aryl methyl sites for hydroxylation is 1. The van der Waals surface area contributed by atoms with E-state index in [1.54, 1.807) is 0 Å². The number of carbonyl (C=O) groups excluding carboxylic acids is 1. The predicted octanol–water partition coefficient (Wildman–Crippen LogP) is 1.75. The number of amides is 1. The zero-order chi connectivity index (χ0) is 15.5. The average molecular weight is 298 g/mol. The van der Waals surface area contributed by atoms with Crippen LogP contribution in [0.5, 0.6) is 0 Å². The first kappa shape index (κ1) is 14.8. The first-order chi connectivity index (χ1) is 10.7. The Morgan fingerprint density at radius 2 is 2.18 bits per heavy atom. The van der Waals surface area contributed by atoms with Gasteiger partial charge < -0.3 is 11.1 Å². The molecular formula is C17H22N4O. The lowest BCUT2D eigenvalue weighted by atomic mass is 10.2. The minimum atomic E-state index is -0.0843. The normalized spacial score (nSPS) is 13.2. The molecule has 0 saturated carbocycles. The van der Waals surface area contributed by atoms with Crippen LogP contribution in [0, 0.1) is 6.92 Å².